The highest BCUT2D eigenvalue weighted by molar-refractivity contribution is 9.10. The number of halogens is 1. The topological polar surface area (TPSA) is 88.4 Å². The third-order valence-corrected chi connectivity index (χ3v) is 9.31. The fourth-order valence-electron chi connectivity index (χ4n) is 5.59. The molecule has 234 valence electrons. The second-order valence-electron chi connectivity index (χ2n) is 10.8. The summed E-state index contributed by atoms with van der Waals surface area (Å²) in [6, 6.07) is 14.6. The molecule has 1 aromatic heterocycles. The average molecular weight is 692 g/mol. The molecule has 0 fully saturated rings. The summed E-state index contributed by atoms with van der Waals surface area (Å²) in [5.74, 6) is 1.28. The molecule has 0 unspecified atom stereocenters. The summed E-state index contributed by atoms with van der Waals surface area (Å²) in [4.78, 5) is 32.4. The monoisotopic (exact) mass is 690 g/mol. The van der Waals surface area contributed by atoms with E-state index < -0.39 is 12.0 Å². The molecule has 0 saturated heterocycles. The number of esters is 1. The maximum atomic E-state index is 14.0. The van der Waals surface area contributed by atoms with Gasteiger partial charge in [-0.05, 0) is 109 Å². The maximum Gasteiger partial charge on any atom is 0.338 e. The lowest BCUT2D eigenvalue weighted by Crippen LogP contribution is -2.39. The Labute approximate surface area is 274 Å². The Morgan fingerprint density at radius 2 is 1.67 bits per heavy atom. The molecule has 1 aliphatic rings. The van der Waals surface area contributed by atoms with Crippen molar-refractivity contribution in [1.29, 1.82) is 0 Å². The molecule has 0 N–H and O–H groups in total. The van der Waals surface area contributed by atoms with Gasteiger partial charge in [0.05, 0.1) is 47.1 Å². The summed E-state index contributed by atoms with van der Waals surface area (Å²) in [5, 5.41) is 0. The zero-order valence-electron chi connectivity index (χ0n) is 26.3. The molecule has 1 aliphatic heterocycles. The van der Waals surface area contributed by atoms with Crippen LogP contribution in [0.1, 0.15) is 53.3 Å². The van der Waals surface area contributed by atoms with Gasteiger partial charge in [-0.15, -0.1) is 0 Å². The van der Waals surface area contributed by atoms with Crippen LogP contribution in [0.4, 0.5) is 0 Å². The number of benzene rings is 3. The van der Waals surface area contributed by atoms with Gasteiger partial charge in [-0.3, -0.25) is 9.36 Å². The summed E-state index contributed by atoms with van der Waals surface area (Å²) >= 11 is 4.81. The molecule has 0 aliphatic carbocycles. The Bertz CT molecular complexity index is 1990. The normalized spacial score (nSPS) is 14.6. The third-order valence-electron chi connectivity index (χ3n) is 7.71. The van der Waals surface area contributed by atoms with Gasteiger partial charge in [-0.1, -0.05) is 41.2 Å². The minimum Gasteiger partial charge on any atom is -0.496 e. The molecule has 0 radical (unpaired) electrons. The summed E-state index contributed by atoms with van der Waals surface area (Å²) in [7, 11) is 3.17. The van der Waals surface area contributed by atoms with E-state index in [1.807, 2.05) is 30.3 Å². The predicted octanol–water partition coefficient (Wildman–Crippen LogP) is 6.08. The minimum absolute atomic E-state index is 0.199. The van der Waals surface area contributed by atoms with Gasteiger partial charge in [0.1, 0.15) is 12.4 Å². The van der Waals surface area contributed by atoms with E-state index in [-0.39, 0.29) is 12.2 Å². The van der Waals surface area contributed by atoms with Crippen LogP contribution in [-0.2, 0) is 16.1 Å². The molecule has 10 heteroatoms. The first-order valence-electron chi connectivity index (χ1n) is 14.5. The molecule has 1 atom stereocenters. The van der Waals surface area contributed by atoms with Gasteiger partial charge in [0.15, 0.2) is 16.3 Å². The Hall–Kier alpha value is -4.15. The van der Waals surface area contributed by atoms with Gasteiger partial charge in [-0.2, -0.15) is 0 Å². The number of carbonyl (C=O) groups excluding carboxylic acids is 1. The molecule has 45 heavy (non-hydrogen) atoms. The highest BCUT2D eigenvalue weighted by Gasteiger charge is 2.33. The molecule has 0 bridgehead atoms. The lowest BCUT2D eigenvalue weighted by Gasteiger charge is -2.25. The van der Waals surface area contributed by atoms with Crippen LogP contribution in [0.25, 0.3) is 6.08 Å². The van der Waals surface area contributed by atoms with E-state index in [9.17, 15) is 9.59 Å². The second-order valence-corrected chi connectivity index (χ2v) is 12.6. The number of ether oxygens (including phenoxy) is 4. The molecular formula is C35H35BrN2O6S. The molecule has 8 nitrogen and oxygen atoms in total. The number of aryl methyl sites for hydroxylation is 3. The van der Waals surface area contributed by atoms with Crippen LogP contribution in [-0.4, -0.2) is 31.4 Å². The average Bonchev–Trinajstić information content (AvgIpc) is 3.30. The fourth-order valence-corrected chi connectivity index (χ4v) is 7.20. The molecule has 4 aromatic rings. The molecule has 0 spiro atoms. The number of methoxy groups -OCH3 is 2. The summed E-state index contributed by atoms with van der Waals surface area (Å²) < 4.78 is 25.4. The van der Waals surface area contributed by atoms with Gasteiger partial charge in [0.2, 0.25) is 0 Å². The number of hydrogen-bond acceptors (Lipinski definition) is 8. The lowest BCUT2D eigenvalue weighted by molar-refractivity contribution is -0.139. The number of aromatic nitrogens is 1. The Balaban J connectivity index is 1.55. The summed E-state index contributed by atoms with van der Waals surface area (Å²) in [6.07, 6.45) is 1.80. The molecule has 5 rings (SSSR count). The zero-order valence-corrected chi connectivity index (χ0v) is 28.7. The standard InChI is InChI=1S/C35H35BrN2O6S/c1-8-43-34(40)31-22(5)37-35-38(32(31)24-10-12-27(41-6)26(36)17-24)33(39)30(45-35)16-23-9-11-28(29(15-23)42-7)44-18-25-20(3)13-19(2)14-21(25)4/h9-17,32H,8,18H2,1-7H3/b30-16+/t32-/m0/s1. The number of thiazole rings is 1. The van der Waals surface area contributed by atoms with Crippen molar-refractivity contribution in [3.63, 3.8) is 0 Å². The van der Waals surface area contributed by atoms with E-state index in [2.05, 4.69) is 53.8 Å². The highest BCUT2D eigenvalue weighted by Crippen LogP contribution is 2.35. The molecule has 2 heterocycles. The van der Waals surface area contributed by atoms with Crippen LogP contribution >= 0.6 is 27.3 Å². The first-order valence-corrected chi connectivity index (χ1v) is 16.1. The zero-order chi connectivity index (χ0) is 32.4. The Morgan fingerprint density at radius 1 is 0.978 bits per heavy atom. The van der Waals surface area contributed by atoms with E-state index in [4.69, 9.17) is 18.9 Å². The van der Waals surface area contributed by atoms with Gasteiger partial charge < -0.3 is 18.9 Å². The van der Waals surface area contributed by atoms with Crippen LogP contribution in [0.5, 0.6) is 17.2 Å². The van der Waals surface area contributed by atoms with E-state index >= 15 is 0 Å². The van der Waals surface area contributed by atoms with Crippen molar-refractivity contribution in [3.8, 4) is 17.2 Å². The third kappa shape index (κ3) is 6.48. The Kier molecular flexibility index (Phi) is 9.65. The minimum atomic E-state index is -0.733. The lowest BCUT2D eigenvalue weighted by atomic mass is 9.96. The quantitative estimate of drug-likeness (QED) is 0.198. The number of fused-ring (bicyclic) bond motifs is 1. The highest BCUT2D eigenvalue weighted by atomic mass is 79.9. The van der Waals surface area contributed by atoms with Crippen molar-refractivity contribution in [2.45, 2.75) is 47.3 Å². The smallest absolute Gasteiger partial charge is 0.338 e. The molecule has 3 aromatic carbocycles. The molecular weight excluding hydrogens is 656 g/mol. The van der Waals surface area contributed by atoms with Crippen molar-refractivity contribution in [2.75, 3.05) is 20.8 Å². The van der Waals surface area contributed by atoms with Gasteiger partial charge in [0.25, 0.3) is 5.56 Å². The SMILES string of the molecule is CCOC(=O)C1=C(C)N=c2s/c(=C/c3ccc(OCc4c(C)cc(C)cc4C)c(OC)c3)c(=O)n2[C@H]1c1ccc(OC)c(Br)c1. The first kappa shape index (κ1) is 32.2. The molecule has 0 amide bonds. The van der Waals surface area contributed by atoms with Crippen molar-refractivity contribution in [3.05, 3.63) is 117 Å². The van der Waals surface area contributed by atoms with E-state index in [0.29, 0.717) is 48.9 Å². The maximum absolute atomic E-state index is 14.0. The number of carbonyl (C=O) groups is 1. The number of nitrogens with zero attached hydrogens (tertiary/aromatic N) is 2. The van der Waals surface area contributed by atoms with Crippen LogP contribution in [0.15, 0.2) is 74.1 Å². The van der Waals surface area contributed by atoms with Gasteiger partial charge in [-0.25, -0.2) is 9.79 Å². The number of hydrogen-bond donors (Lipinski definition) is 0. The first-order chi connectivity index (χ1) is 21.6. The number of rotatable bonds is 9. The Morgan fingerprint density at radius 3 is 2.31 bits per heavy atom. The van der Waals surface area contributed by atoms with E-state index in [1.165, 1.54) is 28.0 Å². The predicted molar refractivity (Wildman–Crippen MR) is 179 cm³/mol. The van der Waals surface area contributed by atoms with Crippen molar-refractivity contribution in [1.82, 2.24) is 4.57 Å². The summed E-state index contributed by atoms with van der Waals surface area (Å²) in [5.41, 5.74) is 6.75. The van der Waals surface area contributed by atoms with Crippen molar-refractivity contribution < 1.29 is 23.7 Å². The van der Waals surface area contributed by atoms with Crippen LogP contribution < -0.4 is 29.1 Å². The fraction of sp³-hybridized carbons (Fsp3) is 0.286. The van der Waals surface area contributed by atoms with Crippen LogP contribution in [0, 0.1) is 20.8 Å². The largest absolute Gasteiger partial charge is 0.496 e. The summed E-state index contributed by atoms with van der Waals surface area (Å²) in [6.45, 7) is 10.4. The van der Waals surface area contributed by atoms with Crippen LogP contribution in [0.2, 0.25) is 0 Å². The van der Waals surface area contributed by atoms with E-state index in [1.54, 1.807) is 44.8 Å². The van der Waals surface area contributed by atoms with Crippen LogP contribution in [0.3, 0.4) is 0 Å². The van der Waals surface area contributed by atoms with Crippen molar-refractivity contribution >= 4 is 39.3 Å². The second kappa shape index (κ2) is 13.5. The van der Waals surface area contributed by atoms with Crippen molar-refractivity contribution in [2.24, 2.45) is 4.99 Å². The molecule has 0 saturated carbocycles. The van der Waals surface area contributed by atoms with Gasteiger partial charge in [0, 0.05) is 0 Å². The van der Waals surface area contributed by atoms with Gasteiger partial charge >= 0.3 is 5.97 Å². The van der Waals surface area contributed by atoms with E-state index in [0.717, 1.165) is 16.7 Å². The number of allylic oxidation sites excluding steroid dienone is 1.